The van der Waals surface area contributed by atoms with Crippen LogP contribution >= 0.6 is 0 Å². The lowest BCUT2D eigenvalue weighted by atomic mass is 9.41. The lowest BCUT2D eigenvalue weighted by molar-refractivity contribution is -0.153. The molecular formula is C22H36O. The average Bonchev–Trinajstić information content (AvgIpc) is 2.52. The first-order chi connectivity index (χ1) is 11.0. The summed E-state index contributed by atoms with van der Waals surface area (Å²) in [6, 6.07) is 0. The van der Waals surface area contributed by atoms with E-state index in [-0.39, 0.29) is 0 Å². The van der Waals surface area contributed by atoms with Gasteiger partial charge in [-0.3, -0.25) is 4.79 Å². The van der Waals surface area contributed by atoms with Crippen LogP contribution < -0.4 is 0 Å². The summed E-state index contributed by atoms with van der Waals surface area (Å²) in [6.07, 6.45) is 15.5. The molecule has 130 valence electrons. The van der Waals surface area contributed by atoms with Crippen LogP contribution in [0.15, 0.2) is 0 Å². The van der Waals surface area contributed by atoms with Crippen molar-refractivity contribution < 1.29 is 4.79 Å². The van der Waals surface area contributed by atoms with Gasteiger partial charge in [0.25, 0.3) is 0 Å². The zero-order valence-corrected chi connectivity index (χ0v) is 15.6. The third-order valence-electron chi connectivity index (χ3n) is 9.32. The van der Waals surface area contributed by atoms with Gasteiger partial charge in [0.05, 0.1) is 0 Å². The van der Waals surface area contributed by atoms with Gasteiger partial charge in [0, 0.05) is 5.92 Å². The smallest absolute Gasteiger partial charge is 0.133 e. The van der Waals surface area contributed by atoms with Crippen LogP contribution in [-0.4, -0.2) is 5.78 Å². The minimum absolute atomic E-state index is 0.323. The number of rotatable bonds is 1. The van der Waals surface area contributed by atoms with Crippen molar-refractivity contribution in [2.45, 2.75) is 91.4 Å². The van der Waals surface area contributed by atoms with Crippen molar-refractivity contribution >= 4 is 5.78 Å². The van der Waals surface area contributed by atoms with E-state index in [1.165, 1.54) is 70.6 Å². The van der Waals surface area contributed by atoms with Crippen molar-refractivity contribution in [1.82, 2.24) is 0 Å². The van der Waals surface area contributed by atoms with Crippen molar-refractivity contribution in [3.63, 3.8) is 0 Å². The van der Waals surface area contributed by atoms with Crippen LogP contribution in [-0.2, 0) is 4.79 Å². The highest BCUT2D eigenvalue weighted by atomic mass is 16.1. The van der Waals surface area contributed by atoms with Crippen LogP contribution in [0, 0.1) is 40.4 Å². The second-order valence-electron chi connectivity index (χ2n) is 10.0. The Balaban J connectivity index is 1.64. The highest BCUT2D eigenvalue weighted by Crippen LogP contribution is 2.66. The Morgan fingerprint density at radius 1 is 0.783 bits per heavy atom. The minimum atomic E-state index is 0.323. The molecule has 0 N–H and O–H groups in total. The first kappa shape index (κ1) is 16.2. The third kappa shape index (κ3) is 2.28. The van der Waals surface area contributed by atoms with E-state index in [1.54, 1.807) is 0 Å². The monoisotopic (exact) mass is 316 g/mol. The summed E-state index contributed by atoms with van der Waals surface area (Å²) >= 11 is 0. The zero-order valence-electron chi connectivity index (χ0n) is 15.6. The summed E-state index contributed by atoms with van der Waals surface area (Å²) in [5.74, 6) is 4.57. The lowest BCUT2D eigenvalue weighted by Crippen LogP contribution is -2.56. The third-order valence-corrected chi connectivity index (χ3v) is 9.32. The molecule has 4 rings (SSSR count). The van der Waals surface area contributed by atoms with Gasteiger partial charge < -0.3 is 0 Å². The van der Waals surface area contributed by atoms with Crippen molar-refractivity contribution in [3.05, 3.63) is 0 Å². The van der Waals surface area contributed by atoms with Crippen LogP contribution in [0.1, 0.15) is 91.4 Å². The molecule has 1 heteroatoms. The normalized spacial score (nSPS) is 52.9. The Bertz CT molecular complexity index is 482. The van der Waals surface area contributed by atoms with Gasteiger partial charge in [0.1, 0.15) is 5.78 Å². The predicted octanol–water partition coefficient (Wildman–Crippen LogP) is 6.01. The standard InChI is InChI=1S/C22H36O/c1-15(23)18-8-6-9-19-17-11-10-16-7-4-5-13-21(16,2)20(17)12-14-22(18,19)3/h16-20H,4-14H2,1-3H3/t16-,17+,18-,19+,20+,21+,22-/m1/s1. The van der Waals surface area contributed by atoms with E-state index in [4.69, 9.17) is 0 Å². The molecule has 0 aromatic rings. The maximum absolute atomic E-state index is 12.3. The van der Waals surface area contributed by atoms with E-state index in [2.05, 4.69) is 13.8 Å². The van der Waals surface area contributed by atoms with Gasteiger partial charge in [-0.25, -0.2) is 0 Å². The summed E-state index contributed by atoms with van der Waals surface area (Å²) in [5, 5.41) is 0. The molecule has 0 radical (unpaired) electrons. The molecule has 4 fully saturated rings. The second kappa shape index (κ2) is 5.60. The summed E-state index contributed by atoms with van der Waals surface area (Å²) in [4.78, 5) is 12.3. The molecule has 0 bridgehead atoms. The van der Waals surface area contributed by atoms with Gasteiger partial charge in [0.15, 0.2) is 0 Å². The maximum atomic E-state index is 12.3. The number of ketones is 1. The predicted molar refractivity (Wildman–Crippen MR) is 95.1 cm³/mol. The summed E-state index contributed by atoms with van der Waals surface area (Å²) in [6.45, 7) is 7.01. The van der Waals surface area contributed by atoms with Crippen molar-refractivity contribution in [3.8, 4) is 0 Å². The van der Waals surface area contributed by atoms with Gasteiger partial charge in [-0.05, 0) is 92.8 Å². The Labute approximate surface area is 143 Å². The topological polar surface area (TPSA) is 17.1 Å². The van der Waals surface area contributed by atoms with Gasteiger partial charge in [-0.15, -0.1) is 0 Å². The molecule has 1 nitrogen and oxygen atoms in total. The lowest BCUT2D eigenvalue weighted by Gasteiger charge is -2.63. The maximum Gasteiger partial charge on any atom is 0.133 e. The number of Topliss-reactive ketones (excluding diaryl/α,β-unsaturated/α-hetero) is 1. The number of hydrogen-bond donors (Lipinski definition) is 0. The Hall–Kier alpha value is -0.330. The SMILES string of the molecule is CC(=O)[C@H]1CCC[C@H]2[C@@H]3CC[C@H]4CCCC[C@]4(C)[C@H]3CC[C@]12C. The molecule has 0 heterocycles. The molecule has 7 atom stereocenters. The first-order valence-electron chi connectivity index (χ1n) is 10.5. The number of carbonyl (C=O) groups is 1. The van der Waals surface area contributed by atoms with Gasteiger partial charge in [0.2, 0.25) is 0 Å². The number of hydrogen-bond acceptors (Lipinski definition) is 1. The minimum Gasteiger partial charge on any atom is -0.300 e. The van der Waals surface area contributed by atoms with Crippen molar-refractivity contribution in [2.75, 3.05) is 0 Å². The van der Waals surface area contributed by atoms with E-state index >= 15 is 0 Å². The number of carbonyl (C=O) groups excluding carboxylic acids is 1. The van der Waals surface area contributed by atoms with Gasteiger partial charge >= 0.3 is 0 Å². The van der Waals surface area contributed by atoms with Gasteiger partial charge in [-0.2, -0.15) is 0 Å². The average molecular weight is 317 g/mol. The quantitative estimate of drug-likeness (QED) is 0.578. The molecule has 0 saturated heterocycles. The van der Waals surface area contributed by atoms with Crippen molar-refractivity contribution in [1.29, 1.82) is 0 Å². The molecule has 4 aliphatic carbocycles. The van der Waals surface area contributed by atoms with E-state index in [0.29, 0.717) is 22.5 Å². The van der Waals surface area contributed by atoms with Gasteiger partial charge in [-0.1, -0.05) is 33.1 Å². The molecule has 0 spiro atoms. The first-order valence-corrected chi connectivity index (χ1v) is 10.5. The zero-order chi connectivity index (χ0) is 16.2. The highest BCUT2D eigenvalue weighted by Gasteiger charge is 2.58. The van der Waals surface area contributed by atoms with Crippen LogP contribution in [0.3, 0.4) is 0 Å². The van der Waals surface area contributed by atoms with Crippen molar-refractivity contribution in [2.24, 2.45) is 40.4 Å². The second-order valence-corrected chi connectivity index (χ2v) is 10.0. The summed E-state index contributed by atoms with van der Waals surface area (Å²) in [7, 11) is 0. The Morgan fingerprint density at radius 3 is 2.35 bits per heavy atom. The van der Waals surface area contributed by atoms with Crippen LogP contribution in [0.2, 0.25) is 0 Å². The largest absolute Gasteiger partial charge is 0.300 e. The molecule has 0 unspecified atom stereocenters. The van der Waals surface area contributed by atoms with E-state index in [1.807, 2.05) is 6.92 Å². The molecule has 4 saturated carbocycles. The molecule has 23 heavy (non-hydrogen) atoms. The molecule has 0 aliphatic heterocycles. The van der Waals surface area contributed by atoms with E-state index in [9.17, 15) is 4.79 Å². The molecular weight excluding hydrogens is 280 g/mol. The summed E-state index contributed by atoms with van der Waals surface area (Å²) < 4.78 is 0. The molecule has 0 amide bonds. The van der Waals surface area contributed by atoms with Crippen LogP contribution in [0.4, 0.5) is 0 Å². The molecule has 0 aromatic heterocycles. The Morgan fingerprint density at radius 2 is 1.57 bits per heavy atom. The van der Waals surface area contributed by atoms with Crippen LogP contribution in [0.5, 0.6) is 0 Å². The van der Waals surface area contributed by atoms with Crippen LogP contribution in [0.25, 0.3) is 0 Å². The molecule has 0 aromatic carbocycles. The Kier molecular flexibility index (Phi) is 3.93. The fraction of sp³-hybridized carbons (Fsp3) is 0.955. The fourth-order valence-corrected chi connectivity index (χ4v) is 8.16. The highest BCUT2D eigenvalue weighted by molar-refractivity contribution is 5.79. The fourth-order valence-electron chi connectivity index (χ4n) is 8.16. The van der Waals surface area contributed by atoms with E-state index < -0.39 is 0 Å². The number of fused-ring (bicyclic) bond motifs is 5. The molecule has 4 aliphatic rings. The van der Waals surface area contributed by atoms with E-state index in [0.717, 1.165) is 23.7 Å². The summed E-state index contributed by atoms with van der Waals surface area (Å²) in [5.41, 5.74) is 0.953.